The highest BCUT2D eigenvalue weighted by atomic mass is 16.2. The van der Waals surface area contributed by atoms with Crippen LogP contribution in [0.1, 0.15) is 40.2 Å². The second kappa shape index (κ2) is 6.55. The Morgan fingerprint density at radius 1 is 1.20 bits per heavy atom. The minimum absolute atomic E-state index is 0.0453. The third-order valence-electron chi connectivity index (χ3n) is 2.86. The van der Waals surface area contributed by atoms with Crippen molar-refractivity contribution in [2.24, 2.45) is 0 Å². The molecule has 110 valence electrons. The molecule has 2 amide bonds. The summed E-state index contributed by atoms with van der Waals surface area (Å²) in [6.45, 7) is 9.32. The number of benzene rings is 1. The minimum Gasteiger partial charge on any atom is -0.350 e. The summed E-state index contributed by atoms with van der Waals surface area (Å²) in [6.07, 6.45) is 0.820. The maximum absolute atomic E-state index is 12.0. The molecule has 0 saturated carbocycles. The molecule has 0 atom stereocenters. The Labute approximate surface area is 121 Å². The lowest BCUT2D eigenvalue weighted by atomic mass is 10.1. The second-order valence-electron chi connectivity index (χ2n) is 5.89. The smallest absolute Gasteiger partial charge is 0.240 e. The molecule has 4 heteroatoms. The van der Waals surface area contributed by atoms with Gasteiger partial charge in [-0.05, 0) is 38.8 Å². The third kappa shape index (κ3) is 4.68. The maximum Gasteiger partial charge on any atom is 0.240 e. The molecule has 1 aromatic carbocycles. The van der Waals surface area contributed by atoms with E-state index in [2.05, 4.69) is 5.32 Å². The summed E-state index contributed by atoms with van der Waals surface area (Å²) in [5.41, 5.74) is 1.57. The monoisotopic (exact) mass is 276 g/mol. The van der Waals surface area contributed by atoms with Gasteiger partial charge in [-0.25, -0.2) is 0 Å². The lowest BCUT2D eigenvalue weighted by Gasteiger charge is -2.26. The van der Waals surface area contributed by atoms with Crippen LogP contribution in [0.5, 0.6) is 0 Å². The fraction of sp³-hybridized carbons (Fsp3) is 0.500. The van der Waals surface area contributed by atoms with Gasteiger partial charge in [0.1, 0.15) is 6.54 Å². The Morgan fingerprint density at radius 2 is 1.80 bits per heavy atom. The summed E-state index contributed by atoms with van der Waals surface area (Å²) in [4.78, 5) is 25.4. The maximum atomic E-state index is 12.0. The van der Waals surface area contributed by atoms with Crippen molar-refractivity contribution in [1.29, 1.82) is 0 Å². The van der Waals surface area contributed by atoms with Crippen molar-refractivity contribution in [2.75, 3.05) is 11.4 Å². The number of aryl methyl sites for hydroxylation is 1. The van der Waals surface area contributed by atoms with Crippen molar-refractivity contribution < 1.29 is 9.59 Å². The Kier molecular flexibility index (Phi) is 5.31. The number of nitrogens with one attached hydrogen (secondary N) is 1. The van der Waals surface area contributed by atoms with Gasteiger partial charge < -0.3 is 10.2 Å². The van der Waals surface area contributed by atoms with Crippen LogP contribution >= 0.6 is 0 Å². The third-order valence-corrected chi connectivity index (χ3v) is 2.86. The first-order valence-electron chi connectivity index (χ1n) is 6.91. The fourth-order valence-corrected chi connectivity index (χ4v) is 2.04. The standard InChI is InChI=1S/C16H24N2O2/c1-6-13-9-7-8-10-14(13)18(12(2)19)11-15(20)17-16(3,4)5/h7-10H,6,11H2,1-5H3,(H,17,20). The molecular formula is C16H24N2O2. The molecule has 0 aliphatic heterocycles. The molecule has 1 N–H and O–H groups in total. The highest BCUT2D eigenvalue weighted by Crippen LogP contribution is 2.21. The molecule has 0 saturated heterocycles. The number of rotatable bonds is 4. The number of hydrogen-bond donors (Lipinski definition) is 1. The van der Waals surface area contributed by atoms with Crippen molar-refractivity contribution in [2.45, 2.75) is 46.6 Å². The first-order chi connectivity index (χ1) is 9.24. The Hall–Kier alpha value is -1.84. The van der Waals surface area contributed by atoms with Crippen molar-refractivity contribution >= 4 is 17.5 Å². The molecule has 0 heterocycles. The molecule has 1 rings (SSSR count). The van der Waals surface area contributed by atoms with E-state index in [0.717, 1.165) is 17.7 Å². The van der Waals surface area contributed by atoms with Gasteiger partial charge in [0.15, 0.2) is 0 Å². The molecule has 0 bridgehead atoms. The van der Waals surface area contributed by atoms with Crippen LogP contribution in [0, 0.1) is 0 Å². The van der Waals surface area contributed by atoms with Crippen LogP contribution in [0.3, 0.4) is 0 Å². The summed E-state index contributed by atoms with van der Waals surface area (Å²) in [5, 5.41) is 2.88. The lowest BCUT2D eigenvalue weighted by Crippen LogP contribution is -2.47. The van der Waals surface area contributed by atoms with Crippen LogP contribution in [0.2, 0.25) is 0 Å². The van der Waals surface area contributed by atoms with Crippen LogP contribution in [-0.4, -0.2) is 23.9 Å². The first kappa shape index (κ1) is 16.2. The van der Waals surface area contributed by atoms with Crippen molar-refractivity contribution in [3.63, 3.8) is 0 Å². The Balaban J connectivity index is 2.96. The van der Waals surface area contributed by atoms with Gasteiger partial charge in [0.25, 0.3) is 0 Å². The van der Waals surface area contributed by atoms with Crippen molar-refractivity contribution in [3.8, 4) is 0 Å². The van der Waals surface area contributed by atoms with E-state index in [1.54, 1.807) is 0 Å². The van der Waals surface area contributed by atoms with Crippen LogP contribution in [-0.2, 0) is 16.0 Å². The SMILES string of the molecule is CCc1ccccc1N(CC(=O)NC(C)(C)C)C(C)=O. The number of para-hydroxylation sites is 1. The summed E-state index contributed by atoms with van der Waals surface area (Å²) in [6, 6.07) is 7.68. The van der Waals surface area contributed by atoms with E-state index < -0.39 is 0 Å². The van der Waals surface area contributed by atoms with Crippen molar-refractivity contribution in [3.05, 3.63) is 29.8 Å². The van der Waals surface area contributed by atoms with Gasteiger partial charge >= 0.3 is 0 Å². The van der Waals surface area contributed by atoms with Gasteiger partial charge in [-0.1, -0.05) is 25.1 Å². The average molecular weight is 276 g/mol. The molecule has 0 aliphatic rings. The van der Waals surface area contributed by atoms with Gasteiger partial charge in [0.2, 0.25) is 11.8 Å². The summed E-state index contributed by atoms with van der Waals surface area (Å²) >= 11 is 0. The van der Waals surface area contributed by atoms with Crippen LogP contribution in [0.4, 0.5) is 5.69 Å². The summed E-state index contributed by atoms with van der Waals surface area (Å²) in [7, 11) is 0. The molecule has 0 unspecified atom stereocenters. The topological polar surface area (TPSA) is 49.4 Å². The molecule has 0 aromatic heterocycles. The molecule has 0 fully saturated rings. The molecule has 4 nitrogen and oxygen atoms in total. The summed E-state index contributed by atoms with van der Waals surface area (Å²) in [5.74, 6) is -0.284. The van der Waals surface area contributed by atoms with E-state index in [-0.39, 0.29) is 23.9 Å². The molecule has 0 aliphatic carbocycles. The highest BCUT2D eigenvalue weighted by molar-refractivity contribution is 5.98. The predicted octanol–water partition coefficient (Wildman–Crippen LogP) is 2.52. The zero-order chi connectivity index (χ0) is 15.3. The fourth-order valence-electron chi connectivity index (χ4n) is 2.04. The normalized spacial score (nSPS) is 11.1. The molecule has 1 aromatic rings. The first-order valence-corrected chi connectivity index (χ1v) is 6.91. The van der Waals surface area contributed by atoms with E-state index in [9.17, 15) is 9.59 Å². The second-order valence-corrected chi connectivity index (χ2v) is 5.89. The van der Waals surface area contributed by atoms with E-state index in [0.29, 0.717) is 0 Å². The average Bonchev–Trinajstić information content (AvgIpc) is 2.33. The van der Waals surface area contributed by atoms with E-state index in [1.807, 2.05) is 52.0 Å². The Morgan fingerprint density at radius 3 is 2.30 bits per heavy atom. The van der Waals surface area contributed by atoms with E-state index >= 15 is 0 Å². The molecule has 0 spiro atoms. The highest BCUT2D eigenvalue weighted by Gasteiger charge is 2.20. The van der Waals surface area contributed by atoms with Gasteiger partial charge in [-0.2, -0.15) is 0 Å². The lowest BCUT2D eigenvalue weighted by molar-refractivity contribution is -0.124. The number of nitrogens with zero attached hydrogens (tertiary/aromatic N) is 1. The number of carbonyl (C=O) groups is 2. The van der Waals surface area contributed by atoms with E-state index in [1.165, 1.54) is 11.8 Å². The molecule has 0 radical (unpaired) electrons. The van der Waals surface area contributed by atoms with Crippen LogP contribution < -0.4 is 10.2 Å². The van der Waals surface area contributed by atoms with E-state index in [4.69, 9.17) is 0 Å². The van der Waals surface area contributed by atoms with Gasteiger partial charge in [0.05, 0.1) is 0 Å². The number of hydrogen-bond acceptors (Lipinski definition) is 2. The minimum atomic E-state index is -0.302. The predicted molar refractivity (Wildman–Crippen MR) is 81.7 cm³/mol. The molecule has 20 heavy (non-hydrogen) atoms. The van der Waals surface area contributed by atoms with Gasteiger partial charge in [-0.3, -0.25) is 9.59 Å². The van der Waals surface area contributed by atoms with Crippen LogP contribution in [0.15, 0.2) is 24.3 Å². The Bertz CT molecular complexity index is 489. The number of carbonyl (C=O) groups excluding carboxylic acids is 2. The van der Waals surface area contributed by atoms with Gasteiger partial charge in [0, 0.05) is 18.2 Å². The molecular weight excluding hydrogens is 252 g/mol. The number of anilines is 1. The van der Waals surface area contributed by atoms with Crippen LogP contribution in [0.25, 0.3) is 0 Å². The van der Waals surface area contributed by atoms with Gasteiger partial charge in [-0.15, -0.1) is 0 Å². The summed E-state index contributed by atoms with van der Waals surface area (Å²) < 4.78 is 0. The zero-order valence-corrected chi connectivity index (χ0v) is 13.0. The number of amides is 2. The van der Waals surface area contributed by atoms with Crippen molar-refractivity contribution in [1.82, 2.24) is 5.32 Å². The zero-order valence-electron chi connectivity index (χ0n) is 13.0. The quantitative estimate of drug-likeness (QED) is 0.918. The largest absolute Gasteiger partial charge is 0.350 e.